The van der Waals surface area contributed by atoms with Gasteiger partial charge in [0, 0.05) is 30.2 Å². The highest BCUT2D eigenvalue weighted by Crippen LogP contribution is 2.32. The monoisotopic (exact) mass is 398 g/mol. The predicted octanol–water partition coefficient (Wildman–Crippen LogP) is 4.03. The van der Waals surface area contributed by atoms with Gasteiger partial charge in [0.15, 0.2) is 0 Å². The van der Waals surface area contributed by atoms with Crippen molar-refractivity contribution in [3.05, 3.63) is 52.5 Å². The van der Waals surface area contributed by atoms with Crippen LogP contribution in [0.5, 0.6) is 0 Å². The molecule has 7 heteroatoms. The van der Waals surface area contributed by atoms with Crippen LogP contribution in [0, 0.1) is 19.8 Å². The van der Waals surface area contributed by atoms with Gasteiger partial charge in [-0.05, 0) is 44.4 Å². The molecule has 1 aliphatic heterocycles. The first-order chi connectivity index (χ1) is 13.5. The molecule has 0 radical (unpaired) electrons. The molecule has 2 aromatic heterocycles. The van der Waals surface area contributed by atoms with Crippen LogP contribution in [0.3, 0.4) is 0 Å². The number of carbonyl (C=O) groups excluding carboxylic acids is 1. The zero-order valence-electron chi connectivity index (χ0n) is 16.0. The lowest BCUT2D eigenvalue weighted by Crippen LogP contribution is -2.43. The molecule has 1 saturated heterocycles. The van der Waals surface area contributed by atoms with E-state index < -0.39 is 0 Å². The van der Waals surface area contributed by atoms with Crippen molar-refractivity contribution in [3.8, 4) is 0 Å². The van der Waals surface area contributed by atoms with E-state index in [0.717, 1.165) is 47.5 Å². The Morgan fingerprint density at radius 1 is 1.29 bits per heavy atom. The van der Waals surface area contributed by atoms with Gasteiger partial charge < -0.3 is 14.6 Å². The topological polar surface area (TPSA) is 71.3 Å². The summed E-state index contributed by atoms with van der Waals surface area (Å²) in [6.07, 6.45) is 3.35. The van der Waals surface area contributed by atoms with E-state index >= 15 is 0 Å². The van der Waals surface area contributed by atoms with Gasteiger partial charge in [-0.25, -0.2) is 9.97 Å². The second-order valence-corrected chi connectivity index (χ2v) is 7.73. The first kappa shape index (κ1) is 18.7. The summed E-state index contributed by atoms with van der Waals surface area (Å²) >= 11 is 5.91. The van der Waals surface area contributed by atoms with E-state index in [1.807, 2.05) is 38.1 Å². The van der Waals surface area contributed by atoms with Gasteiger partial charge in [-0.2, -0.15) is 0 Å². The van der Waals surface area contributed by atoms with Crippen LogP contribution in [0.4, 0.5) is 5.82 Å². The minimum atomic E-state index is -0.0700. The van der Waals surface area contributed by atoms with Crippen molar-refractivity contribution < 1.29 is 9.21 Å². The van der Waals surface area contributed by atoms with Crippen molar-refractivity contribution in [2.75, 3.05) is 18.0 Å². The number of nitrogens with one attached hydrogen (secondary N) is 1. The minimum Gasteiger partial charge on any atom is -0.443 e. The Hall–Kier alpha value is -2.60. The number of hydrogen-bond donors (Lipinski definition) is 1. The van der Waals surface area contributed by atoms with Crippen molar-refractivity contribution in [2.45, 2.75) is 33.2 Å². The van der Waals surface area contributed by atoms with E-state index in [1.54, 1.807) is 0 Å². The van der Waals surface area contributed by atoms with E-state index in [2.05, 4.69) is 20.2 Å². The smallest absolute Gasteiger partial charge is 0.231 e. The van der Waals surface area contributed by atoms with Crippen LogP contribution in [-0.2, 0) is 11.3 Å². The Bertz CT molecular complexity index is 1000. The lowest BCUT2D eigenvalue weighted by atomic mass is 9.96. The number of anilines is 1. The number of hydrogen-bond acceptors (Lipinski definition) is 5. The number of nitrogens with zero attached hydrogens (tertiary/aromatic N) is 3. The second-order valence-electron chi connectivity index (χ2n) is 7.29. The van der Waals surface area contributed by atoms with Crippen molar-refractivity contribution in [3.63, 3.8) is 0 Å². The minimum absolute atomic E-state index is 0.0700. The van der Waals surface area contributed by atoms with Crippen LogP contribution in [-0.4, -0.2) is 29.0 Å². The quantitative estimate of drug-likeness (QED) is 0.718. The number of piperidine rings is 1. The largest absolute Gasteiger partial charge is 0.443 e. The first-order valence-corrected chi connectivity index (χ1v) is 9.88. The molecule has 1 fully saturated rings. The summed E-state index contributed by atoms with van der Waals surface area (Å²) in [6, 6.07) is 7.52. The number of aryl methyl sites for hydroxylation is 2. The third-order valence-electron chi connectivity index (χ3n) is 5.42. The van der Waals surface area contributed by atoms with E-state index in [9.17, 15) is 4.79 Å². The summed E-state index contributed by atoms with van der Waals surface area (Å²) in [4.78, 5) is 23.7. The van der Waals surface area contributed by atoms with Crippen LogP contribution in [0.1, 0.15) is 29.7 Å². The lowest BCUT2D eigenvalue weighted by Gasteiger charge is -2.33. The standard InChI is InChI=1S/C21H23ClN4O2/c1-13-14(2)28-21-18(13)19(24-12-25-21)26-9-3-4-16(11-26)20(27)23-10-15-5-7-17(22)8-6-15/h5-8,12,16H,3-4,9-11H2,1-2H3,(H,23,27). The van der Waals surface area contributed by atoms with Crippen LogP contribution >= 0.6 is 11.6 Å². The van der Waals surface area contributed by atoms with Crippen LogP contribution in [0.2, 0.25) is 5.02 Å². The Morgan fingerprint density at radius 3 is 2.86 bits per heavy atom. The van der Waals surface area contributed by atoms with Crippen molar-refractivity contribution >= 4 is 34.4 Å². The summed E-state index contributed by atoms with van der Waals surface area (Å²) in [6.45, 7) is 5.97. The molecule has 146 valence electrons. The van der Waals surface area contributed by atoms with Crippen LogP contribution in [0.15, 0.2) is 35.0 Å². The molecule has 0 saturated carbocycles. The summed E-state index contributed by atoms with van der Waals surface area (Å²) in [5.41, 5.74) is 2.70. The number of halogens is 1. The molecule has 1 aliphatic rings. The maximum Gasteiger partial charge on any atom is 0.231 e. The molecule has 0 aliphatic carbocycles. The number of fused-ring (bicyclic) bond motifs is 1. The molecular formula is C21H23ClN4O2. The molecule has 28 heavy (non-hydrogen) atoms. The van der Waals surface area contributed by atoms with Gasteiger partial charge in [0.1, 0.15) is 17.9 Å². The second kappa shape index (κ2) is 7.80. The zero-order chi connectivity index (χ0) is 19.7. The maximum atomic E-state index is 12.7. The molecule has 6 nitrogen and oxygen atoms in total. The highest BCUT2D eigenvalue weighted by atomic mass is 35.5. The molecule has 3 aromatic rings. The molecule has 0 bridgehead atoms. The third-order valence-corrected chi connectivity index (χ3v) is 5.67. The van der Waals surface area contributed by atoms with Crippen LogP contribution < -0.4 is 10.2 Å². The molecule has 1 N–H and O–H groups in total. The van der Waals surface area contributed by atoms with Crippen molar-refractivity contribution in [1.29, 1.82) is 0 Å². The number of carbonyl (C=O) groups is 1. The van der Waals surface area contributed by atoms with Gasteiger partial charge in [-0.3, -0.25) is 4.79 Å². The fourth-order valence-electron chi connectivity index (χ4n) is 3.72. The zero-order valence-corrected chi connectivity index (χ0v) is 16.8. The van der Waals surface area contributed by atoms with Gasteiger partial charge in [-0.15, -0.1) is 0 Å². The van der Waals surface area contributed by atoms with Gasteiger partial charge in [0.2, 0.25) is 11.6 Å². The molecule has 1 atom stereocenters. The van der Waals surface area contributed by atoms with Gasteiger partial charge in [-0.1, -0.05) is 23.7 Å². The van der Waals surface area contributed by atoms with Crippen molar-refractivity contribution in [2.24, 2.45) is 5.92 Å². The Kier molecular flexibility index (Phi) is 5.22. The van der Waals surface area contributed by atoms with E-state index in [0.29, 0.717) is 23.8 Å². The van der Waals surface area contributed by atoms with Gasteiger partial charge in [0.25, 0.3) is 0 Å². The summed E-state index contributed by atoms with van der Waals surface area (Å²) < 4.78 is 5.73. The molecule has 0 spiro atoms. The average Bonchev–Trinajstić information content (AvgIpc) is 3.01. The number of furan rings is 1. The molecule has 1 aromatic carbocycles. The Morgan fingerprint density at radius 2 is 2.07 bits per heavy atom. The number of benzene rings is 1. The van der Waals surface area contributed by atoms with Crippen LogP contribution in [0.25, 0.3) is 11.1 Å². The fraction of sp³-hybridized carbons (Fsp3) is 0.381. The van der Waals surface area contributed by atoms with Gasteiger partial charge in [0.05, 0.1) is 11.3 Å². The summed E-state index contributed by atoms with van der Waals surface area (Å²) in [7, 11) is 0. The fourth-order valence-corrected chi connectivity index (χ4v) is 3.85. The molecule has 3 heterocycles. The van der Waals surface area contributed by atoms with Crippen molar-refractivity contribution in [1.82, 2.24) is 15.3 Å². The molecule has 1 amide bonds. The summed E-state index contributed by atoms with van der Waals surface area (Å²) in [5.74, 6) is 1.71. The predicted molar refractivity (Wildman–Crippen MR) is 110 cm³/mol. The molecular weight excluding hydrogens is 376 g/mol. The molecule has 1 unspecified atom stereocenters. The maximum absolute atomic E-state index is 12.7. The number of amides is 1. The lowest BCUT2D eigenvalue weighted by molar-refractivity contribution is -0.125. The first-order valence-electron chi connectivity index (χ1n) is 9.50. The van der Waals surface area contributed by atoms with E-state index in [-0.39, 0.29) is 11.8 Å². The Labute approximate surface area is 168 Å². The normalized spacial score (nSPS) is 17.1. The third kappa shape index (κ3) is 3.69. The highest BCUT2D eigenvalue weighted by Gasteiger charge is 2.28. The highest BCUT2D eigenvalue weighted by molar-refractivity contribution is 6.30. The number of aromatic nitrogens is 2. The van der Waals surface area contributed by atoms with E-state index in [4.69, 9.17) is 16.0 Å². The SMILES string of the molecule is Cc1oc2ncnc(N3CCCC(C(=O)NCc4ccc(Cl)cc4)C3)c2c1C. The Balaban J connectivity index is 1.47. The molecule has 4 rings (SSSR count). The summed E-state index contributed by atoms with van der Waals surface area (Å²) in [5, 5.41) is 4.69. The van der Waals surface area contributed by atoms with E-state index in [1.165, 1.54) is 6.33 Å². The van der Waals surface area contributed by atoms with Gasteiger partial charge >= 0.3 is 0 Å². The average molecular weight is 399 g/mol. The number of rotatable bonds is 4.